The second-order valence-electron chi connectivity index (χ2n) is 7.02. The third-order valence-electron chi connectivity index (χ3n) is 4.90. The van der Waals surface area contributed by atoms with Crippen molar-refractivity contribution in [1.82, 2.24) is 10.6 Å². The second-order valence-corrected chi connectivity index (χ2v) is 7.43. The number of amides is 3. The number of urea groups is 1. The molecule has 7 heteroatoms. The molecule has 0 unspecified atom stereocenters. The Balaban J connectivity index is 1.68. The van der Waals surface area contributed by atoms with Gasteiger partial charge in [-0.2, -0.15) is 0 Å². The number of rotatable bonds is 6. The van der Waals surface area contributed by atoms with E-state index in [0.717, 1.165) is 31.2 Å². The van der Waals surface area contributed by atoms with Gasteiger partial charge in [0.25, 0.3) is 5.91 Å². The fourth-order valence-electron chi connectivity index (χ4n) is 3.36. The number of methoxy groups -OCH3 is 1. The van der Waals surface area contributed by atoms with Crippen molar-refractivity contribution in [3.8, 4) is 11.5 Å². The maximum atomic E-state index is 12.6. The number of hydrogen-bond donors (Lipinski definition) is 2. The summed E-state index contributed by atoms with van der Waals surface area (Å²) >= 11 is 6.24. The van der Waals surface area contributed by atoms with Crippen LogP contribution in [0.2, 0.25) is 5.02 Å². The number of benzene rings is 2. The van der Waals surface area contributed by atoms with Crippen LogP contribution in [0.3, 0.4) is 0 Å². The normalized spacial score (nSPS) is 14.1. The van der Waals surface area contributed by atoms with Crippen molar-refractivity contribution in [3.05, 3.63) is 58.6 Å². The summed E-state index contributed by atoms with van der Waals surface area (Å²) in [6, 6.07) is 12.2. The largest absolute Gasteiger partial charge is 0.493 e. The molecule has 1 fully saturated rings. The Morgan fingerprint density at radius 1 is 1.07 bits per heavy atom. The fraction of sp³-hybridized carbons (Fsp3) is 0.364. The van der Waals surface area contributed by atoms with E-state index in [4.69, 9.17) is 21.1 Å². The van der Waals surface area contributed by atoms with E-state index in [0.29, 0.717) is 18.1 Å². The highest BCUT2D eigenvalue weighted by atomic mass is 35.5. The van der Waals surface area contributed by atoms with Crippen LogP contribution >= 0.6 is 11.6 Å². The third kappa shape index (κ3) is 5.87. The van der Waals surface area contributed by atoms with Gasteiger partial charge in [-0.1, -0.05) is 61.2 Å². The molecule has 1 aliphatic carbocycles. The zero-order chi connectivity index (χ0) is 20.6. The summed E-state index contributed by atoms with van der Waals surface area (Å²) in [7, 11) is 1.50. The molecule has 154 valence electrons. The van der Waals surface area contributed by atoms with Crippen LogP contribution in [0.4, 0.5) is 4.79 Å². The molecule has 3 rings (SSSR count). The van der Waals surface area contributed by atoms with Gasteiger partial charge < -0.3 is 14.8 Å². The lowest BCUT2D eigenvalue weighted by Gasteiger charge is -2.22. The predicted octanol–water partition coefficient (Wildman–Crippen LogP) is 4.70. The summed E-state index contributed by atoms with van der Waals surface area (Å²) in [6.07, 6.45) is 5.23. The molecule has 2 aromatic carbocycles. The van der Waals surface area contributed by atoms with Gasteiger partial charge >= 0.3 is 6.03 Å². The van der Waals surface area contributed by atoms with Gasteiger partial charge in [0.05, 0.1) is 17.7 Å². The highest BCUT2D eigenvalue weighted by molar-refractivity contribution is 6.34. The van der Waals surface area contributed by atoms with Gasteiger partial charge in [0, 0.05) is 12.1 Å². The van der Waals surface area contributed by atoms with Gasteiger partial charge in [-0.05, 0) is 24.5 Å². The number of ether oxygens (including phenoxy) is 2. The molecule has 1 saturated carbocycles. The first-order valence-corrected chi connectivity index (χ1v) is 10.1. The Kier molecular flexibility index (Phi) is 7.36. The molecule has 2 N–H and O–H groups in total. The Labute approximate surface area is 175 Å². The first-order chi connectivity index (χ1) is 14.1. The highest BCUT2D eigenvalue weighted by Gasteiger charge is 2.20. The van der Waals surface area contributed by atoms with Gasteiger partial charge in [0.15, 0.2) is 11.5 Å². The van der Waals surface area contributed by atoms with E-state index in [2.05, 4.69) is 10.6 Å². The van der Waals surface area contributed by atoms with Crippen molar-refractivity contribution in [2.45, 2.75) is 44.8 Å². The fourth-order valence-corrected chi connectivity index (χ4v) is 3.60. The first kappa shape index (κ1) is 21.0. The van der Waals surface area contributed by atoms with Crippen LogP contribution in [0.25, 0.3) is 0 Å². The Morgan fingerprint density at radius 3 is 2.48 bits per heavy atom. The summed E-state index contributed by atoms with van der Waals surface area (Å²) < 4.78 is 11.1. The average molecular weight is 417 g/mol. The van der Waals surface area contributed by atoms with Crippen molar-refractivity contribution >= 4 is 23.5 Å². The first-order valence-electron chi connectivity index (χ1n) is 9.73. The molecule has 0 heterocycles. The van der Waals surface area contributed by atoms with E-state index in [9.17, 15) is 9.59 Å². The number of halogens is 1. The minimum absolute atomic E-state index is 0.104. The Morgan fingerprint density at radius 2 is 1.79 bits per heavy atom. The lowest BCUT2D eigenvalue weighted by Crippen LogP contribution is -2.45. The Hall–Kier alpha value is -2.73. The van der Waals surface area contributed by atoms with E-state index < -0.39 is 11.9 Å². The van der Waals surface area contributed by atoms with Crippen LogP contribution in [0.15, 0.2) is 42.5 Å². The molecule has 0 atom stereocenters. The molecular formula is C22H25ClN2O4. The summed E-state index contributed by atoms with van der Waals surface area (Å²) in [6.45, 7) is 0.308. The van der Waals surface area contributed by atoms with Crippen LogP contribution in [-0.2, 0) is 6.61 Å². The zero-order valence-corrected chi connectivity index (χ0v) is 17.1. The molecule has 1 aliphatic rings. The van der Waals surface area contributed by atoms with Gasteiger partial charge in [0.2, 0.25) is 0 Å². The predicted molar refractivity (Wildman–Crippen MR) is 112 cm³/mol. The minimum atomic E-state index is -0.587. The van der Waals surface area contributed by atoms with E-state index in [1.165, 1.54) is 25.7 Å². The number of carbonyl (C=O) groups is 2. The van der Waals surface area contributed by atoms with Crippen molar-refractivity contribution < 1.29 is 19.1 Å². The van der Waals surface area contributed by atoms with Crippen molar-refractivity contribution in [2.75, 3.05) is 7.11 Å². The van der Waals surface area contributed by atoms with Gasteiger partial charge in [-0.15, -0.1) is 0 Å². The summed E-state index contributed by atoms with van der Waals surface area (Å²) in [5.41, 5.74) is 1.12. The smallest absolute Gasteiger partial charge is 0.321 e. The maximum Gasteiger partial charge on any atom is 0.321 e. The lowest BCUT2D eigenvalue weighted by atomic mass is 9.96. The quantitative estimate of drug-likeness (QED) is 0.715. The molecule has 0 radical (unpaired) electrons. The van der Waals surface area contributed by atoms with Gasteiger partial charge in [-0.3, -0.25) is 10.1 Å². The average Bonchev–Trinajstić information content (AvgIpc) is 2.73. The van der Waals surface area contributed by atoms with Crippen LogP contribution in [0, 0.1) is 0 Å². The van der Waals surface area contributed by atoms with Crippen molar-refractivity contribution in [1.29, 1.82) is 0 Å². The Bertz CT molecular complexity index is 851. The minimum Gasteiger partial charge on any atom is -0.493 e. The second kappa shape index (κ2) is 10.2. The van der Waals surface area contributed by atoms with Crippen molar-refractivity contribution in [2.24, 2.45) is 0 Å². The van der Waals surface area contributed by atoms with Crippen LogP contribution in [-0.4, -0.2) is 25.1 Å². The van der Waals surface area contributed by atoms with Crippen molar-refractivity contribution in [3.63, 3.8) is 0 Å². The van der Waals surface area contributed by atoms with Gasteiger partial charge in [0.1, 0.15) is 6.61 Å². The molecule has 0 aliphatic heterocycles. The topological polar surface area (TPSA) is 76.7 Å². The molecular weight excluding hydrogens is 392 g/mol. The standard InChI is InChI=1S/C22H25ClN2O4/c1-28-19-13-18(23)17(12-20(19)29-14-15-8-4-2-5-9-15)21(26)25-22(27)24-16-10-6-3-7-11-16/h2,4-5,8-9,12-13,16H,3,6-7,10-11,14H2,1H3,(H2,24,25,26,27). The molecule has 0 bridgehead atoms. The molecule has 2 aromatic rings. The molecule has 0 saturated heterocycles. The lowest BCUT2D eigenvalue weighted by molar-refractivity contribution is 0.0962. The van der Waals surface area contributed by atoms with Crippen LogP contribution in [0.1, 0.15) is 48.0 Å². The molecule has 6 nitrogen and oxygen atoms in total. The number of imide groups is 1. The summed E-state index contributed by atoms with van der Waals surface area (Å²) in [4.78, 5) is 24.8. The van der Waals surface area contributed by atoms with E-state index in [1.54, 1.807) is 0 Å². The third-order valence-corrected chi connectivity index (χ3v) is 5.22. The summed E-state index contributed by atoms with van der Waals surface area (Å²) in [5.74, 6) is 0.197. The van der Waals surface area contributed by atoms with Gasteiger partial charge in [-0.25, -0.2) is 4.79 Å². The summed E-state index contributed by atoms with van der Waals surface area (Å²) in [5, 5.41) is 5.38. The zero-order valence-electron chi connectivity index (χ0n) is 16.4. The number of hydrogen-bond acceptors (Lipinski definition) is 4. The number of nitrogens with one attached hydrogen (secondary N) is 2. The van der Waals surface area contributed by atoms with E-state index >= 15 is 0 Å². The molecule has 0 aromatic heterocycles. The molecule has 0 spiro atoms. The SMILES string of the molecule is COc1cc(Cl)c(C(=O)NC(=O)NC2CCCCC2)cc1OCc1ccccc1. The molecule has 29 heavy (non-hydrogen) atoms. The van der Waals surface area contributed by atoms with E-state index in [-0.39, 0.29) is 16.6 Å². The molecule has 3 amide bonds. The maximum absolute atomic E-state index is 12.6. The monoisotopic (exact) mass is 416 g/mol. The van der Waals surface area contributed by atoms with E-state index in [1.807, 2.05) is 30.3 Å². The number of carbonyl (C=O) groups excluding carboxylic acids is 2. The van der Waals surface area contributed by atoms with Crippen LogP contribution < -0.4 is 20.1 Å². The highest BCUT2D eigenvalue weighted by Crippen LogP contribution is 2.34. The van der Waals surface area contributed by atoms with Crippen LogP contribution in [0.5, 0.6) is 11.5 Å².